The van der Waals surface area contributed by atoms with E-state index in [1.807, 2.05) is 0 Å². The van der Waals surface area contributed by atoms with Gasteiger partial charge in [-0.05, 0) is 6.42 Å². The van der Waals surface area contributed by atoms with E-state index in [-0.39, 0.29) is 6.42 Å². The fourth-order valence-electron chi connectivity index (χ4n) is 2.89. The van der Waals surface area contributed by atoms with Crippen LogP contribution in [0.3, 0.4) is 0 Å². The standard InChI is InChI=1S/C19H35F3O5S/c1-2-3-4-5-6-7-8-9-10-11-12-13-14-15-18(23)27-17(19(20,21)22)16-28(24,25)26/h17H,2-16H2,1H3,(H,24,25,26). The third kappa shape index (κ3) is 17.3. The summed E-state index contributed by atoms with van der Waals surface area (Å²) in [6, 6.07) is 0. The quantitative estimate of drug-likeness (QED) is 0.178. The molecule has 0 spiro atoms. The summed E-state index contributed by atoms with van der Waals surface area (Å²) in [6.07, 6.45) is 6.22. The molecule has 0 radical (unpaired) electrons. The number of hydrogen-bond acceptors (Lipinski definition) is 4. The molecule has 1 N–H and O–H groups in total. The van der Waals surface area contributed by atoms with Crippen LogP contribution in [0.25, 0.3) is 0 Å². The molecular formula is C19H35F3O5S. The summed E-state index contributed by atoms with van der Waals surface area (Å²) in [7, 11) is -4.90. The van der Waals surface area contributed by atoms with Gasteiger partial charge in [0.15, 0.2) is 0 Å². The SMILES string of the molecule is CCCCCCCCCCCCCCCC(=O)OC(CS(=O)(=O)O)C(F)(F)F. The minimum absolute atomic E-state index is 0.199. The van der Waals surface area contributed by atoms with E-state index in [2.05, 4.69) is 11.7 Å². The smallest absolute Gasteiger partial charge is 0.426 e. The lowest BCUT2D eigenvalue weighted by Gasteiger charge is -2.19. The molecule has 0 aliphatic carbocycles. The molecule has 0 saturated carbocycles. The van der Waals surface area contributed by atoms with Crippen LogP contribution in [0.1, 0.15) is 96.8 Å². The predicted octanol–water partition coefficient (Wildman–Crippen LogP) is 5.83. The number of esters is 1. The first-order valence-corrected chi connectivity index (χ1v) is 11.9. The van der Waals surface area contributed by atoms with E-state index in [1.165, 1.54) is 51.4 Å². The van der Waals surface area contributed by atoms with Gasteiger partial charge in [0.1, 0.15) is 5.75 Å². The zero-order valence-corrected chi connectivity index (χ0v) is 17.6. The number of hydrogen-bond donors (Lipinski definition) is 1. The molecule has 1 atom stereocenters. The fraction of sp³-hybridized carbons (Fsp3) is 0.947. The summed E-state index contributed by atoms with van der Waals surface area (Å²) in [6.45, 7) is 2.20. The second-order valence-corrected chi connectivity index (χ2v) is 8.76. The zero-order valence-electron chi connectivity index (χ0n) is 16.8. The predicted molar refractivity (Wildman–Crippen MR) is 103 cm³/mol. The second-order valence-electron chi connectivity index (χ2n) is 7.26. The minimum atomic E-state index is -5.04. The summed E-state index contributed by atoms with van der Waals surface area (Å²) >= 11 is 0. The molecule has 0 saturated heterocycles. The third-order valence-electron chi connectivity index (χ3n) is 4.49. The van der Waals surface area contributed by atoms with Gasteiger partial charge in [0.25, 0.3) is 10.1 Å². The number of carbonyl (C=O) groups excluding carboxylic acids is 1. The van der Waals surface area contributed by atoms with Crippen LogP contribution in [0.2, 0.25) is 0 Å². The van der Waals surface area contributed by atoms with Gasteiger partial charge in [-0.15, -0.1) is 0 Å². The fourth-order valence-corrected chi connectivity index (χ4v) is 3.53. The summed E-state index contributed by atoms with van der Waals surface area (Å²) < 4.78 is 71.9. The van der Waals surface area contributed by atoms with Crippen LogP contribution >= 0.6 is 0 Å². The maximum absolute atomic E-state index is 12.7. The number of halogens is 3. The van der Waals surface area contributed by atoms with Crippen LogP contribution in [0.4, 0.5) is 13.2 Å². The van der Waals surface area contributed by atoms with Crippen molar-refractivity contribution in [1.82, 2.24) is 0 Å². The van der Waals surface area contributed by atoms with E-state index in [1.54, 1.807) is 0 Å². The molecule has 0 rings (SSSR count). The van der Waals surface area contributed by atoms with E-state index in [0.717, 1.165) is 19.3 Å². The van der Waals surface area contributed by atoms with Crippen molar-refractivity contribution in [1.29, 1.82) is 0 Å². The molecule has 0 bridgehead atoms. The molecule has 9 heteroatoms. The Labute approximate surface area is 167 Å². The molecule has 0 aliphatic rings. The van der Waals surface area contributed by atoms with Crippen LogP contribution in [0, 0.1) is 0 Å². The highest BCUT2D eigenvalue weighted by Crippen LogP contribution is 2.25. The first-order chi connectivity index (χ1) is 13.1. The van der Waals surface area contributed by atoms with Gasteiger partial charge in [-0.1, -0.05) is 84.0 Å². The maximum Gasteiger partial charge on any atom is 0.426 e. The lowest BCUT2D eigenvalue weighted by Crippen LogP contribution is -2.39. The van der Waals surface area contributed by atoms with Crippen molar-refractivity contribution in [2.45, 2.75) is 109 Å². The molecule has 0 aromatic heterocycles. The third-order valence-corrected chi connectivity index (χ3v) is 5.21. The van der Waals surface area contributed by atoms with Crippen LogP contribution in [0.5, 0.6) is 0 Å². The summed E-state index contributed by atoms with van der Waals surface area (Å²) in [4.78, 5) is 11.5. The van der Waals surface area contributed by atoms with Crippen LogP contribution < -0.4 is 0 Å². The Morgan fingerprint density at radius 3 is 1.61 bits per heavy atom. The number of ether oxygens (including phenoxy) is 1. The topological polar surface area (TPSA) is 80.7 Å². The number of carbonyl (C=O) groups is 1. The molecule has 168 valence electrons. The maximum atomic E-state index is 12.7. The van der Waals surface area contributed by atoms with Crippen molar-refractivity contribution in [2.75, 3.05) is 5.75 Å². The number of unbranched alkanes of at least 4 members (excludes halogenated alkanes) is 12. The van der Waals surface area contributed by atoms with Gasteiger partial charge in [0, 0.05) is 6.42 Å². The minimum Gasteiger partial charge on any atom is -0.451 e. The summed E-state index contributed by atoms with van der Waals surface area (Å²) in [5.41, 5.74) is 0. The zero-order chi connectivity index (χ0) is 21.5. The summed E-state index contributed by atoms with van der Waals surface area (Å²) in [5.74, 6) is -2.78. The molecule has 0 aliphatic heterocycles. The van der Waals surface area contributed by atoms with Crippen LogP contribution in [0.15, 0.2) is 0 Å². The molecule has 0 aromatic rings. The highest BCUT2D eigenvalue weighted by molar-refractivity contribution is 7.85. The van der Waals surface area contributed by atoms with Crippen molar-refractivity contribution >= 4 is 16.1 Å². The Bertz CT molecular complexity index is 506. The first-order valence-electron chi connectivity index (χ1n) is 10.3. The van der Waals surface area contributed by atoms with Crippen LogP contribution in [-0.4, -0.2) is 37.0 Å². The Morgan fingerprint density at radius 1 is 0.857 bits per heavy atom. The molecule has 1 unspecified atom stereocenters. The van der Waals surface area contributed by atoms with Gasteiger partial charge >= 0.3 is 12.1 Å². The lowest BCUT2D eigenvalue weighted by molar-refractivity contribution is -0.215. The van der Waals surface area contributed by atoms with Crippen molar-refractivity contribution in [2.24, 2.45) is 0 Å². The molecule has 0 fully saturated rings. The lowest BCUT2D eigenvalue weighted by atomic mass is 10.0. The van der Waals surface area contributed by atoms with Gasteiger partial charge in [-0.25, -0.2) is 0 Å². The normalized spacial score (nSPS) is 13.5. The van der Waals surface area contributed by atoms with Gasteiger partial charge in [0.05, 0.1) is 0 Å². The number of rotatable bonds is 17. The Balaban J connectivity index is 3.70. The van der Waals surface area contributed by atoms with E-state index < -0.39 is 34.1 Å². The largest absolute Gasteiger partial charge is 0.451 e. The van der Waals surface area contributed by atoms with Crippen molar-refractivity contribution in [3.8, 4) is 0 Å². The monoisotopic (exact) mass is 432 g/mol. The second kappa shape index (κ2) is 15.1. The Hall–Kier alpha value is -0.830. The van der Waals surface area contributed by atoms with Crippen molar-refractivity contribution in [3.05, 3.63) is 0 Å². The molecule has 0 aromatic carbocycles. The first kappa shape index (κ1) is 27.2. The highest BCUT2D eigenvalue weighted by Gasteiger charge is 2.45. The van der Waals surface area contributed by atoms with Crippen LogP contribution in [-0.2, 0) is 19.6 Å². The average molecular weight is 433 g/mol. The molecular weight excluding hydrogens is 397 g/mol. The van der Waals surface area contributed by atoms with Gasteiger partial charge in [-0.2, -0.15) is 21.6 Å². The molecule has 0 heterocycles. The highest BCUT2D eigenvalue weighted by atomic mass is 32.2. The van der Waals surface area contributed by atoms with E-state index in [9.17, 15) is 26.4 Å². The van der Waals surface area contributed by atoms with Crippen molar-refractivity contribution in [3.63, 3.8) is 0 Å². The van der Waals surface area contributed by atoms with Crippen molar-refractivity contribution < 1.29 is 35.7 Å². The summed E-state index contributed by atoms with van der Waals surface area (Å²) in [5, 5.41) is 0. The number of alkyl halides is 3. The average Bonchev–Trinajstić information content (AvgIpc) is 2.56. The van der Waals surface area contributed by atoms with Gasteiger partial charge < -0.3 is 4.74 Å². The van der Waals surface area contributed by atoms with E-state index >= 15 is 0 Å². The Kier molecular flexibility index (Phi) is 14.6. The van der Waals surface area contributed by atoms with Gasteiger partial charge in [-0.3, -0.25) is 9.35 Å². The molecule has 5 nitrogen and oxygen atoms in total. The molecule has 28 heavy (non-hydrogen) atoms. The Morgan fingerprint density at radius 2 is 1.25 bits per heavy atom. The van der Waals surface area contributed by atoms with Gasteiger partial charge in [0.2, 0.25) is 6.10 Å². The molecule has 0 amide bonds. The van der Waals surface area contributed by atoms with E-state index in [0.29, 0.717) is 12.8 Å². The van der Waals surface area contributed by atoms with E-state index in [4.69, 9.17) is 4.55 Å².